The Balaban J connectivity index is 1.60. The summed E-state index contributed by atoms with van der Waals surface area (Å²) in [7, 11) is 7.42. The van der Waals surface area contributed by atoms with Crippen LogP contribution in [0.1, 0.15) is 67.2 Å². The highest BCUT2D eigenvalue weighted by molar-refractivity contribution is 6.30. The third-order valence-electron chi connectivity index (χ3n) is 10.9. The number of methoxy groups -OCH3 is 1. The molecule has 1 aromatic carbocycles. The van der Waals surface area contributed by atoms with Gasteiger partial charge in [0.05, 0.1) is 17.8 Å². The van der Waals surface area contributed by atoms with E-state index in [1.165, 1.54) is 0 Å². The van der Waals surface area contributed by atoms with Crippen molar-refractivity contribution in [2.45, 2.75) is 109 Å². The molecule has 0 bridgehead atoms. The van der Waals surface area contributed by atoms with E-state index in [9.17, 15) is 19.5 Å². The zero-order valence-corrected chi connectivity index (χ0v) is 32.3. The van der Waals surface area contributed by atoms with Crippen molar-refractivity contribution in [3.63, 3.8) is 0 Å². The van der Waals surface area contributed by atoms with Gasteiger partial charge in [-0.1, -0.05) is 25.4 Å². The van der Waals surface area contributed by atoms with Gasteiger partial charge >= 0.3 is 12.0 Å². The molecule has 2 N–H and O–H groups in total. The summed E-state index contributed by atoms with van der Waals surface area (Å²) in [6, 6.07) is 6.47. The summed E-state index contributed by atoms with van der Waals surface area (Å²) in [4.78, 5) is 47.6. The van der Waals surface area contributed by atoms with Crippen molar-refractivity contribution in [2.75, 3.05) is 59.7 Å². The van der Waals surface area contributed by atoms with Crippen LogP contribution in [0.3, 0.4) is 0 Å². The topological polar surface area (TPSA) is 130 Å². The van der Waals surface area contributed by atoms with E-state index in [0.717, 1.165) is 0 Å². The number of aliphatic hydroxyl groups is 1. The molecule has 282 valence electrons. The van der Waals surface area contributed by atoms with E-state index in [4.69, 9.17) is 30.5 Å². The summed E-state index contributed by atoms with van der Waals surface area (Å²) in [5.41, 5.74) is -2.77. The second kappa shape index (κ2) is 16.1. The quantitative estimate of drug-likeness (QED) is 0.327. The number of hydrogen-bond acceptors (Lipinski definition) is 10. The molecule has 8 atom stereocenters. The van der Waals surface area contributed by atoms with E-state index in [2.05, 4.69) is 17.1 Å². The Bertz CT molecular complexity index is 1340. The number of aliphatic hydroxyl groups excluding tert-OH is 1. The molecule has 50 heavy (non-hydrogen) atoms. The number of hydrogen-bond donors (Lipinski definition) is 2. The number of anilines is 1. The summed E-state index contributed by atoms with van der Waals surface area (Å²) < 4.78 is 25.4. The van der Waals surface area contributed by atoms with Crippen molar-refractivity contribution in [1.82, 2.24) is 14.7 Å². The lowest BCUT2D eigenvalue weighted by Crippen LogP contribution is -2.59. The Morgan fingerprint density at radius 1 is 1.08 bits per heavy atom. The van der Waals surface area contributed by atoms with Gasteiger partial charge in [0.15, 0.2) is 12.1 Å². The van der Waals surface area contributed by atoms with Crippen LogP contribution in [0.2, 0.25) is 5.02 Å². The molecule has 0 unspecified atom stereocenters. The highest BCUT2D eigenvalue weighted by atomic mass is 35.5. The molecule has 1 spiro atoms. The van der Waals surface area contributed by atoms with Gasteiger partial charge in [-0.15, -0.1) is 0 Å². The Labute approximate surface area is 303 Å². The molecule has 3 aliphatic rings. The van der Waals surface area contributed by atoms with E-state index < -0.39 is 47.0 Å². The second-order valence-electron chi connectivity index (χ2n) is 15.9. The number of nitrogens with zero attached hydrogens (tertiary/aromatic N) is 3. The lowest BCUT2D eigenvalue weighted by atomic mass is 9.74. The van der Waals surface area contributed by atoms with Crippen LogP contribution in [-0.2, 0) is 28.5 Å². The number of rotatable bonds is 5. The first-order valence-corrected chi connectivity index (χ1v) is 18.2. The van der Waals surface area contributed by atoms with Gasteiger partial charge in [0.25, 0.3) is 0 Å². The van der Waals surface area contributed by atoms with Crippen LogP contribution < -0.4 is 5.32 Å². The highest BCUT2D eigenvalue weighted by Gasteiger charge is 2.53. The normalized spacial score (nSPS) is 34.4. The summed E-state index contributed by atoms with van der Waals surface area (Å²) in [5, 5.41) is 14.9. The van der Waals surface area contributed by atoms with Gasteiger partial charge in [-0.2, -0.15) is 0 Å². The molecular formula is C37H59ClN4O8. The number of carbonyl (C=O) groups excluding carboxylic acids is 3. The average Bonchev–Trinajstić information content (AvgIpc) is 3.04. The third kappa shape index (κ3) is 9.18. The van der Waals surface area contributed by atoms with E-state index >= 15 is 0 Å². The largest absolute Gasteiger partial charge is 0.457 e. The Hall–Kier alpha value is -2.32. The highest BCUT2D eigenvalue weighted by Crippen LogP contribution is 2.40. The van der Waals surface area contributed by atoms with Crippen molar-refractivity contribution in [3.8, 4) is 0 Å². The first-order valence-electron chi connectivity index (χ1n) is 17.8. The molecule has 3 aliphatic heterocycles. The zero-order valence-electron chi connectivity index (χ0n) is 31.5. The maximum Gasteiger partial charge on any atom is 0.321 e. The molecule has 0 radical (unpaired) electrons. The number of likely N-dealkylation sites (tertiary alicyclic amines) is 1. The van der Waals surface area contributed by atoms with Crippen molar-refractivity contribution in [1.29, 1.82) is 0 Å². The van der Waals surface area contributed by atoms with Gasteiger partial charge in [-0.3, -0.25) is 9.59 Å². The predicted octanol–water partition coefficient (Wildman–Crippen LogP) is 4.67. The lowest BCUT2D eigenvalue weighted by molar-refractivity contribution is -0.295. The molecule has 0 aliphatic carbocycles. The molecule has 0 saturated carbocycles. The SMILES string of the molecule is CO[C@]1(C)C[C@@H](C)CN(C)CC2(CCN(C(=O)Nc3ccc(Cl)cc3)CC2)OC(=O)C(C)(C)C(=O)[C@H](C)[C@H]1O[C@@H]1O[C@H](C)C[C@H](N(C)C)[C@H]1O. The van der Waals surface area contributed by atoms with Crippen LogP contribution in [0, 0.1) is 17.3 Å². The van der Waals surface area contributed by atoms with Crippen LogP contribution in [-0.4, -0.2) is 134 Å². The van der Waals surface area contributed by atoms with Crippen LogP contribution in [0.5, 0.6) is 0 Å². The minimum atomic E-state index is -1.53. The fourth-order valence-electron chi connectivity index (χ4n) is 8.03. The summed E-state index contributed by atoms with van der Waals surface area (Å²) >= 11 is 6.00. The number of piperidine rings is 1. The van der Waals surface area contributed by atoms with E-state index in [0.29, 0.717) is 62.6 Å². The molecule has 13 heteroatoms. The van der Waals surface area contributed by atoms with Gasteiger partial charge < -0.3 is 44.1 Å². The zero-order chi connectivity index (χ0) is 37.2. The molecule has 3 heterocycles. The monoisotopic (exact) mass is 722 g/mol. The number of ether oxygens (including phenoxy) is 4. The number of likely N-dealkylation sites (N-methyl/N-ethyl adjacent to an activating group) is 2. The molecule has 2 amide bonds. The van der Waals surface area contributed by atoms with Crippen molar-refractivity contribution >= 4 is 35.1 Å². The molecule has 3 saturated heterocycles. The van der Waals surface area contributed by atoms with E-state index in [-0.39, 0.29) is 29.9 Å². The van der Waals surface area contributed by atoms with Crippen molar-refractivity contribution < 1.29 is 38.4 Å². The molecule has 12 nitrogen and oxygen atoms in total. The van der Waals surface area contributed by atoms with Gasteiger partial charge in [0, 0.05) is 68.8 Å². The van der Waals surface area contributed by atoms with Crippen molar-refractivity contribution in [3.05, 3.63) is 29.3 Å². The maximum absolute atomic E-state index is 14.5. The smallest absolute Gasteiger partial charge is 0.321 e. The number of Topliss-reactive ketones (excluding diaryl/α,β-unsaturated/α-hetero) is 1. The third-order valence-corrected chi connectivity index (χ3v) is 11.2. The van der Waals surface area contributed by atoms with Crippen LogP contribution in [0.15, 0.2) is 24.3 Å². The van der Waals surface area contributed by atoms with Crippen LogP contribution in [0.25, 0.3) is 0 Å². The molecular weight excluding hydrogens is 664 g/mol. The van der Waals surface area contributed by atoms with Gasteiger partial charge in [-0.25, -0.2) is 4.79 Å². The number of urea groups is 1. The van der Waals surface area contributed by atoms with Gasteiger partial charge in [-0.05, 0) is 91.9 Å². The number of halogens is 1. The fourth-order valence-corrected chi connectivity index (χ4v) is 8.15. The van der Waals surface area contributed by atoms with Crippen LogP contribution >= 0.6 is 11.6 Å². The lowest BCUT2D eigenvalue weighted by Gasteiger charge is -2.47. The van der Waals surface area contributed by atoms with Crippen molar-refractivity contribution in [2.24, 2.45) is 17.3 Å². The first kappa shape index (κ1) is 40.5. The number of nitrogens with one attached hydrogen (secondary N) is 1. The molecule has 3 fully saturated rings. The molecule has 1 aromatic rings. The van der Waals surface area contributed by atoms with E-state index in [1.54, 1.807) is 57.0 Å². The van der Waals surface area contributed by atoms with Gasteiger partial charge in [0.2, 0.25) is 0 Å². The minimum Gasteiger partial charge on any atom is -0.457 e. The predicted molar refractivity (Wildman–Crippen MR) is 192 cm³/mol. The number of carbonyl (C=O) groups is 3. The molecule has 4 rings (SSSR count). The summed E-state index contributed by atoms with van der Waals surface area (Å²) in [6.45, 7) is 12.8. The second-order valence-corrected chi connectivity index (χ2v) is 16.4. The summed E-state index contributed by atoms with van der Waals surface area (Å²) in [6.07, 6.45) is -1.02. The molecule has 0 aromatic heterocycles. The minimum absolute atomic E-state index is 0.0794. The Kier molecular flexibility index (Phi) is 13.1. The Morgan fingerprint density at radius 2 is 1.70 bits per heavy atom. The number of esters is 1. The Morgan fingerprint density at radius 3 is 2.28 bits per heavy atom. The number of ketones is 1. The summed E-state index contributed by atoms with van der Waals surface area (Å²) in [5.74, 6) is -1.72. The van der Waals surface area contributed by atoms with Gasteiger partial charge in [0.1, 0.15) is 17.1 Å². The first-order chi connectivity index (χ1) is 23.3. The maximum atomic E-state index is 14.5. The fraction of sp³-hybridized carbons (Fsp3) is 0.757. The average molecular weight is 723 g/mol. The number of benzene rings is 1. The van der Waals surface area contributed by atoms with Crippen LogP contribution in [0.4, 0.5) is 10.5 Å². The standard InChI is InChI=1S/C37H59ClN4O8/c1-23-20-36(6,47-10)31(49-32-29(43)28(40(7)8)19-24(2)48-32)25(3)30(44)35(4,5)33(45)50-37(22-41(9)21-23)15-17-42(18-16-37)34(46)39-27-13-11-26(38)12-14-27/h11-14,23-25,28-29,31-32,43H,15-22H2,1-10H3,(H,39,46)/t23-,24-,25+,28+,29-,31-,32+,36-/m1/s1. The van der Waals surface area contributed by atoms with E-state index in [1.807, 2.05) is 39.9 Å². The number of amides is 2.